The summed E-state index contributed by atoms with van der Waals surface area (Å²) in [7, 11) is 0. The fourth-order valence-corrected chi connectivity index (χ4v) is 5.87. The second kappa shape index (κ2) is 52.4. The first-order valence-electron chi connectivity index (χ1n) is 25.2. The molecule has 0 aromatic rings. The Labute approximate surface area is 402 Å². The van der Waals surface area contributed by atoms with Crippen LogP contribution in [-0.2, 0) is 28.6 Å². The number of esters is 3. The smallest absolute Gasteiger partial charge is 0.306 e. The maximum Gasteiger partial charge on any atom is 0.306 e. The van der Waals surface area contributed by atoms with Crippen LogP contribution in [0.15, 0.2) is 170 Å². The van der Waals surface area contributed by atoms with Gasteiger partial charge in [-0.05, 0) is 103 Å². The molecule has 0 bridgehead atoms. The number of ether oxygens (including phenoxy) is 3. The lowest BCUT2D eigenvalue weighted by molar-refractivity contribution is -0.166. The van der Waals surface area contributed by atoms with Crippen molar-refractivity contribution in [2.24, 2.45) is 0 Å². The number of unbranched alkanes of at least 4 members (excludes halogenated alkanes) is 7. The van der Waals surface area contributed by atoms with Gasteiger partial charge >= 0.3 is 17.9 Å². The largest absolute Gasteiger partial charge is 0.462 e. The van der Waals surface area contributed by atoms with Crippen LogP contribution in [0, 0.1) is 0 Å². The zero-order valence-corrected chi connectivity index (χ0v) is 41.4. The summed E-state index contributed by atoms with van der Waals surface area (Å²) in [6.07, 6.45) is 77.8. The lowest BCUT2D eigenvalue weighted by atomic mass is 10.1. The molecule has 66 heavy (non-hydrogen) atoms. The van der Waals surface area contributed by atoms with Gasteiger partial charge < -0.3 is 14.2 Å². The molecule has 0 aromatic heterocycles. The topological polar surface area (TPSA) is 78.9 Å². The van der Waals surface area contributed by atoms with Gasteiger partial charge in [0, 0.05) is 19.3 Å². The number of rotatable bonds is 42. The Morgan fingerprint density at radius 3 is 1.18 bits per heavy atom. The number of carbonyl (C=O) groups is 3. The van der Waals surface area contributed by atoms with Crippen LogP contribution < -0.4 is 0 Å². The average molecular weight is 905 g/mol. The highest BCUT2D eigenvalue weighted by Crippen LogP contribution is 2.11. The number of allylic oxidation sites excluding steroid dienone is 28. The maximum atomic E-state index is 12.8. The molecule has 0 N–H and O–H groups in total. The van der Waals surface area contributed by atoms with Crippen LogP contribution >= 0.6 is 0 Å². The Hall–Kier alpha value is -5.23. The third-order valence-electron chi connectivity index (χ3n) is 9.56. The molecule has 0 saturated heterocycles. The maximum absolute atomic E-state index is 12.8. The predicted molar refractivity (Wildman–Crippen MR) is 283 cm³/mol. The number of carbonyl (C=O) groups excluding carboxylic acids is 3. The van der Waals surface area contributed by atoms with E-state index in [9.17, 15) is 14.4 Å². The monoisotopic (exact) mass is 905 g/mol. The Morgan fingerprint density at radius 1 is 0.333 bits per heavy atom. The van der Waals surface area contributed by atoms with Crippen molar-refractivity contribution in [3.63, 3.8) is 0 Å². The molecule has 6 nitrogen and oxygen atoms in total. The van der Waals surface area contributed by atoms with Crippen molar-refractivity contribution in [3.05, 3.63) is 170 Å². The van der Waals surface area contributed by atoms with E-state index in [1.54, 1.807) is 0 Å². The minimum absolute atomic E-state index is 0.148. The molecule has 364 valence electrons. The highest BCUT2D eigenvalue weighted by molar-refractivity contribution is 5.71. The van der Waals surface area contributed by atoms with E-state index in [2.05, 4.69) is 142 Å². The van der Waals surface area contributed by atoms with Crippen LogP contribution in [-0.4, -0.2) is 37.2 Å². The molecule has 1 unspecified atom stereocenters. The van der Waals surface area contributed by atoms with E-state index in [0.717, 1.165) is 103 Å². The van der Waals surface area contributed by atoms with Crippen molar-refractivity contribution >= 4 is 17.9 Å². The van der Waals surface area contributed by atoms with E-state index in [1.807, 2.05) is 48.6 Å². The second-order valence-corrected chi connectivity index (χ2v) is 15.7. The van der Waals surface area contributed by atoms with E-state index in [0.29, 0.717) is 19.3 Å². The quantitative estimate of drug-likeness (QED) is 0.0200. The summed E-state index contributed by atoms with van der Waals surface area (Å²) < 4.78 is 16.6. The molecule has 0 aromatic carbocycles. The lowest BCUT2D eigenvalue weighted by Crippen LogP contribution is -2.30. The van der Waals surface area contributed by atoms with Crippen LogP contribution in [0.2, 0.25) is 0 Å². The molecule has 0 heterocycles. The average Bonchev–Trinajstić information content (AvgIpc) is 3.31. The highest BCUT2D eigenvalue weighted by Gasteiger charge is 2.19. The van der Waals surface area contributed by atoms with Crippen molar-refractivity contribution in [1.82, 2.24) is 0 Å². The molecule has 1 atom stereocenters. The fourth-order valence-electron chi connectivity index (χ4n) is 5.87. The van der Waals surface area contributed by atoms with Gasteiger partial charge in [0.1, 0.15) is 13.2 Å². The Bertz CT molecular complexity index is 1600. The van der Waals surface area contributed by atoms with Gasteiger partial charge in [0.25, 0.3) is 0 Å². The molecule has 0 radical (unpaired) electrons. The van der Waals surface area contributed by atoms with Crippen molar-refractivity contribution in [2.75, 3.05) is 13.2 Å². The van der Waals surface area contributed by atoms with Crippen molar-refractivity contribution < 1.29 is 28.6 Å². The van der Waals surface area contributed by atoms with Gasteiger partial charge in [-0.25, -0.2) is 0 Å². The van der Waals surface area contributed by atoms with Gasteiger partial charge in [-0.15, -0.1) is 0 Å². The summed E-state index contributed by atoms with van der Waals surface area (Å²) in [5, 5.41) is 0. The molecular weight excluding hydrogens is 817 g/mol. The first kappa shape index (κ1) is 60.8. The minimum atomic E-state index is -0.851. The third-order valence-corrected chi connectivity index (χ3v) is 9.56. The summed E-state index contributed by atoms with van der Waals surface area (Å²) in [5.41, 5.74) is 0. The summed E-state index contributed by atoms with van der Waals surface area (Å²) in [5.74, 6) is -1.13. The van der Waals surface area contributed by atoms with Crippen LogP contribution in [0.4, 0.5) is 0 Å². The van der Waals surface area contributed by atoms with E-state index in [-0.39, 0.29) is 50.4 Å². The summed E-state index contributed by atoms with van der Waals surface area (Å²) in [6.45, 7) is 6.14. The Morgan fingerprint density at radius 2 is 0.697 bits per heavy atom. The van der Waals surface area contributed by atoms with E-state index >= 15 is 0 Å². The molecule has 6 heteroatoms. The highest BCUT2D eigenvalue weighted by atomic mass is 16.6. The van der Waals surface area contributed by atoms with Crippen LogP contribution in [0.3, 0.4) is 0 Å². The number of hydrogen-bond donors (Lipinski definition) is 0. The fraction of sp³-hybridized carbons (Fsp3) is 0.483. The second-order valence-electron chi connectivity index (χ2n) is 15.7. The molecule has 0 spiro atoms. The van der Waals surface area contributed by atoms with E-state index < -0.39 is 6.10 Å². The predicted octanol–water partition coefficient (Wildman–Crippen LogP) is 16.8. The number of hydrogen-bond acceptors (Lipinski definition) is 6. The molecule has 0 aliphatic heterocycles. The minimum Gasteiger partial charge on any atom is -0.462 e. The van der Waals surface area contributed by atoms with E-state index in [1.165, 1.54) is 6.42 Å². The van der Waals surface area contributed by atoms with Gasteiger partial charge in [0.15, 0.2) is 6.10 Å². The summed E-state index contributed by atoms with van der Waals surface area (Å²) >= 11 is 0. The molecular formula is C60H88O6. The first-order chi connectivity index (χ1) is 32.5. The zero-order valence-electron chi connectivity index (χ0n) is 41.4. The van der Waals surface area contributed by atoms with Gasteiger partial charge in [-0.3, -0.25) is 14.4 Å². The van der Waals surface area contributed by atoms with Gasteiger partial charge in [-0.1, -0.05) is 217 Å². The third kappa shape index (κ3) is 49.8. The molecule has 0 aliphatic rings. The molecule has 0 saturated carbocycles. The molecule has 0 rings (SSSR count). The molecule has 0 amide bonds. The van der Waals surface area contributed by atoms with E-state index in [4.69, 9.17) is 14.2 Å². The standard InChI is InChI=1S/C60H88O6/c1-4-7-10-13-16-19-22-24-26-28-30-32-33-35-38-41-44-47-50-53-59(62)65-56-57(55-64-58(61)52-49-46-43-40-37-21-18-15-12-9-6-3)66-60(63)54-51-48-45-42-39-36-34-31-29-27-25-23-20-17-14-11-8-5-2/h7,9-12,14,16-21,23-27,29-32,34-35,38,40,43-44,47,57H,4-6,8,13,15,22,28,33,36-37,39,41-42,45-46,48-56H2,1-3H3/b10-7-,12-9-,14-11-,19-16-,20-17-,21-18-,25-23-,26-24-,29-27-,32-30-,34-31-,38-35-,43-40-,47-44-. The summed E-state index contributed by atoms with van der Waals surface area (Å²) in [4.78, 5) is 37.9. The van der Waals surface area contributed by atoms with Crippen LogP contribution in [0.5, 0.6) is 0 Å². The normalized spacial score (nSPS) is 13.6. The Balaban J connectivity index is 4.63. The molecule has 0 aliphatic carbocycles. The lowest BCUT2D eigenvalue weighted by Gasteiger charge is -2.18. The van der Waals surface area contributed by atoms with Crippen molar-refractivity contribution in [2.45, 2.75) is 175 Å². The molecule has 0 fully saturated rings. The SMILES string of the molecule is CC/C=C\C/C=C\C/C=C\C/C=C\C/C=C\C/C=C\CCC(=O)OCC(COC(=O)CCC/C=C\C/C=C\C/C=C\CC)OC(=O)CCCCCCC\C=C/C=C\C=C/C=C\C=C/CCC. The van der Waals surface area contributed by atoms with Gasteiger partial charge in [0.05, 0.1) is 0 Å². The van der Waals surface area contributed by atoms with Gasteiger partial charge in [0.2, 0.25) is 0 Å². The van der Waals surface area contributed by atoms with Crippen LogP contribution in [0.1, 0.15) is 168 Å². The van der Waals surface area contributed by atoms with Crippen LogP contribution in [0.25, 0.3) is 0 Å². The Kier molecular flexibility index (Phi) is 48.2. The van der Waals surface area contributed by atoms with Crippen molar-refractivity contribution in [3.8, 4) is 0 Å². The van der Waals surface area contributed by atoms with Crippen molar-refractivity contribution in [1.29, 1.82) is 0 Å². The van der Waals surface area contributed by atoms with Gasteiger partial charge in [-0.2, -0.15) is 0 Å². The first-order valence-corrected chi connectivity index (χ1v) is 25.2. The summed E-state index contributed by atoms with van der Waals surface area (Å²) in [6, 6.07) is 0. The zero-order chi connectivity index (χ0) is 47.9.